The van der Waals surface area contributed by atoms with Crippen molar-refractivity contribution in [2.24, 2.45) is 0 Å². The fourth-order valence-electron chi connectivity index (χ4n) is 1.70. The van der Waals surface area contributed by atoms with Gasteiger partial charge in [0.05, 0.1) is 6.26 Å². The number of nitrogens with one attached hydrogen (secondary N) is 1. The van der Waals surface area contributed by atoms with Crippen LogP contribution in [0.3, 0.4) is 0 Å². The van der Waals surface area contributed by atoms with E-state index < -0.39 is 0 Å². The highest BCUT2D eigenvalue weighted by atomic mass is 16.3. The van der Waals surface area contributed by atoms with E-state index in [1.54, 1.807) is 6.26 Å². The second-order valence-corrected chi connectivity index (χ2v) is 4.03. The molecule has 1 N–H and O–H groups in total. The Bertz CT molecular complexity index is 394. The zero-order valence-electron chi connectivity index (χ0n) is 9.52. The predicted molar refractivity (Wildman–Crippen MR) is 66.6 cm³/mol. The van der Waals surface area contributed by atoms with Gasteiger partial charge in [-0.25, -0.2) is 0 Å². The highest BCUT2D eigenvalue weighted by molar-refractivity contribution is 5.43. The van der Waals surface area contributed by atoms with Crippen LogP contribution in [-0.4, -0.2) is 6.04 Å². The smallest absolute Gasteiger partial charge is 0.103 e. The van der Waals surface area contributed by atoms with E-state index in [2.05, 4.69) is 24.4 Å². The normalized spacial score (nSPS) is 12.3. The van der Waals surface area contributed by atoms with Gasteiger partial charge in [0.25, 0.3) is 0 Å². The van der Waals surface area contributed by atoms with Crippen LogP contribution in [0.2, 0.25) is 0 Å². The summed E-state index contributed by atoms with van der Waals surface area (Å²) < 4.78 is 5.31. The lowest BCUT2D eigenvalue weighted by molar-refractivity contribution is 0.495. The first kappa shape index (κ1) is 10.8. The largest absolute Gasteiger partial charge is 0.469 e. The SMILES string of the molecule is CC(CCc1ccco1)Nc1ccccc1. The van der Waals surface area contributed by atoms with Crippen molar-refractivity contribution in [1.29, 1.82) is 0 Å². The van der Waals surface area contributed by atoms with Gasteiger partial charge in [0.15, 0.2) is 0 Å². The molecule has 1 atom stereocenters. The Morgan fingerprint density at radius 1 is 1.12 bits per heavy atom. The van der Waals surface area contributed by atoms with Crippen molar-refractivity contribution in [3.05, 3.63) is 54.5 Å². The van der Waals surface area contributed by atoms with Crippen molar-refractivity contribution < 1.29 is 4.42 Å². The molecule has 0 fully saturated rings. The van der Waals surface area contributed by atoms with Crippen LogP contribution < -0.4 is 5.32 Å². The van der Waals surface area contributed by atoms with E-state index in [-0.39, 0.29) is 0 Å². The number of hydrogen-bond acceptors (Lipinski definition) is 2. The molecule has 1 heterocycles. The molecule has 0 amide bonds. The van der Waals surface area contributed by atoms with Gasteiger partial charge in [-0.2, -0.15) is 0 Å². The fraction of sp³-hybridized carbons (Fsp3) is 0.286. The van der Waals surface area contributed by atoms with Crippen LogP contribution in [0.5, 0.6) is 0 Å². The van der Waals surface area contributed by atoms with Crippen molar-refractivity contribution in [2.45, 2.75) is 25.8 Å². The first-order valence-corrected chi connectivity index (χ1v) is 5.68. The highest BCUT2D eigenvalue weighted by Crippen LogP contribution is 2.11. The van der Waals surface area contributed by atoms with E-state index in [1.807, 2.05) is 30.3 Å². The summed E-state index contributed by atoms with van der Waals surface area (Å²) in [6.07, 6.45) is 3.78. The molecule has 1 aromatic carbocycles. The van der Waals surface area contributed by atoms with E-state index >= 15 is 0 Å². The van der Waals surface area contributed by atoms with E-state index in [9.17, 15) is 0 Å². The quantitative estimate of drug-likeness (QED) is 0.822. The first-order chi connectivity index (χ1) is 7.84. The van der Waals surface area contributed by atoms with Gasteiger partial charge in [-0.3, -0.25) is 0 Å². The van der Waals surface area contributed by atoms with E-state index in [1.165, 1.54) is 5.69 Å². The van der Waals surface area contributed by atoms with Crippen LogP contribution in [0.15, 0.2) is 53.1 Å². The summed E-state index contributed by atoms with van der Waals surface area (Å²) >= 11 is 0. The molecule has 0 radical (unpaired) electrons. The second-order valence-electron chi connectivity index (χ2n) is 4.03. The summed E-state index contributed by atoms with van der Waals surface area (Å²) in [4.78, 5) is 0. The second kappa shape index (κ2) is 5.40. The highest BCUT2D eigenvalue weighted by Gasteiger charge is 2.03. The summed E-state index contributed by atoms with van der Waals surface area (Å²) in [5.41, 5.74) is 1.18. The number of anilines is 1. The molecule has 2 nitrogen and oxygen atoms in total. The van der Waals surface area contributed by atoms with Gasteiger partial charge >= 0.3 is 0 Å². The molecule has 84 valence electrons. The number of furan rings is 1. The molecule has 2 aromatic rings. The minimum Gasteiger partial charge on any atom is -0.469 e. The lowest BCUT2D eigenvalue weighted by atomic mass is 10.1. The van der Waals surface area contributed by atoms with Crippen LogP contribution in [0.4, 0.5) is 5.69 Å². The molecule has 0 saturated heterocycles. The molecule has 16 heavy (non-hydrogen) atoms. The summed E-state index contributed by atoms with van der Waals surface area (Å²) in [6, 6.07) is 14.7. The zero-order chi connectivity index (χ0) is 11.2. The van der Waals surface area contributed by atoms with E-state index in [0.29, 0.717) is 6.04 Å². The van der Waals surface area contributed by atoms with Gasteiger partial charge in [0, 0.05) is 18.2 Å². The third kappa shape index (κ3) is 3.16. The van der Waals surface area contributed by atoms with Gasteiger partial charge in [-0.05, 0) is 37.6 Å². The molecule has 2 rings (SSSR count). The van der Waals surface area contributed by atoms with Crippen molar-refractivity contribution in [1.82, 2.24) is 0 Å². The summed E-state index contributed by atoms with van der Waals surface area (Å²) in [5.74, 6) is 1.06. The Hall–Kier alpha value is -1.70. The Labute approximate surface area is 96.3 Å². The van der Waals surface area contributed by atoms with E-state index in [4.69, 9.17) is 4.42 Å². The number of benzene rings is 1. The van der Waals surface area contributed by atoms with Gasteiger partial charge in [0.1, 0.15) is 5.76 Å². The maximum Gasteiger partial charge on any atom is 0.103 e. The van der Waals surface area contributed by atoms with Crippen LogP contribution in [-0.2, 0) is 6.42 Å². The predicted octanol–water partition coefficient (Wildman–Crippen LogP) is 3.71. The van der Waals surface area contributed by atoms with Crippen LogP contribution in [0.25, 0.3) is 0 Å². The lowest BCUT2D eigenvalue weighted by Crippen LogP contribution is -2.15. The molecule has 0 spiro atoms. The zero-order valence-corrected chi connectivity index (χ0v) is 9.52. The monoisotopic (exact) mass is 215 g/mol. The standard InChI is InChI=1S/C14H17NO/c1-12(9-10-14-8-5-11-16-14)15-13-6-3-2-4-7-13/h2-8,11-12,15H,9-10H2,1H3. The van der Waals surface area contributed by atoms with Gasteiger partial charge in [-0.1, -0.05) is 18.2 Å². The van der Waals surface area contributed by atoms with Gasteiger partial charge in [0.2, 0.25) is 0 Å². The number of hydrogen-bond donors (Lipinski definition) is 1. The summed E-state index contributed by atoms with van der Waals surface area (Å²) in [7, 11) is 0. The minimum atomic E-state index is 0.451. The third-order valence-electron chi connectivity index (χ3n) is 2.59. The molecule has 1 aromatic heterocycles. The van der Waals surface area contributed by atoms with Gasteiger partial charge < -0.3 is 9.73 Å². The fourth-order valence-corrected chi connectivity index (χ4v) is 1.70. The Kier molecular flexibility index (Phi) is 3.65. The molecule has 1 unspecified atom stereocenters. The third-order valence-corrected chi connectivity index (χ3v) is 2.59. The average molecular weight is 215 g/mol. The summed E-state index contributed by atoms with van der Waals surface area (Å²) in [5, 5.41) is 3.46. The topological polar surface area (TPSA) is 25.2 Å². The number of aryl methyl sites for hydroxylation is 1. The van der Waals surface area contributed by atoms with Crippen LogP contribution in [0.1, 0.15) is 19.1 Å². The molecule has 0 bridgehead atoms. The van der Waals surface area contributed by atoms with Crippen molar-refractivity contribution in [3.63, 3.8) is 0 Å². The molecule has 0 saturated carbocycles. The molecule has 0 aliphatic heterocycles. The summed E-state index contributed by atoms with van der Waals surface area (Å²) in [6.45, 7) is 2.19. The number of para-hydroxylation sites is 1. The molecular formula is C14H17NO. The van der Waals surface area contributed by atoms with Gasteiger partial charge in [-0.15, -0.1) is 0 Å². The van der Waals surface area contributed by atoms with E-state index in [0.717, 1.165) is 18.6 Å². The Morgan fingerprint density at radius 2 is 1.94 bits per heavy atom. The molecule has 2 heteroatoms. The molecule has 0 aliphatic rings. The maximum atomic E-state index is 5.31. The van der Waals surface area contributed by atoms with Crippen LogP contribution >= 0.6 is 0 Å². The van der Waals surface area contributed by atoms with Crippen molar-refractivity contribution in [2.75, 3.05) is 5.32 Å². The Morgan fingerprint density at radius 3 is 2.62 bits per heavy atom. The van der Waals surface area contributed by atoms with Crippen molar-refractivity contribution in [3.8, 4) is 0 Å². The number of rotatable bonds is 5. The van der Waals surface area contributed by atoms with Crippen molar-refractivity contribution >= 4 is 5.69 Å². The first-order valence-electron chi connectivity index (χ1n) is 5.68. The minimum absolute atomic E-state index is 0.451. The maximum absolute atomic E-state index is 5.31. The average Bonchev–Trinajstić information content (AvgIpc) is 2.81. The lowest BCUT2D eigenvalue weighted by Gasteiger charge is -2.14. The van der Waals surface area contributed by atoms with Crippen LogP contribution in [0, 0.1) is 0 Å². The Balaban J connectivity index is 1.78. The molecular weight excluding hydrogens is 198 g/mol. The molecule has 0 aliphatic carbocycles.